The maximum Gasteiger partial charge on any atom is 0.251 e. The van der Waals surface area contributed by atoms with Gasteiger partial charge in [0, 0.05) is 45.0 Å². The summed E-state index contributed by atoms with van der Waals surface area (Å²) >= 11 is 0. The van der Waals surface area contributed by atoms with Crippen LogP contribution in [0.3, 0.4) is 0 Å². The number of phenolic OH excluding ortho intramolecular Hbond substituents is 1. The number of nitrogens with one attached hydrogen (secondary N) is 2. The molecule has 2 heterocycles. The van der Waals surface area contributed by atoms with Gasteiger partial charge >= 0.3 is 0 Å². The Bertz CT molecular complexity index is 781. The summed E-state index contributed by atoms with van der Waals surface area (Å²) in [5.41, 5.74) is 2.83. The molecule has 1 amide bonds. The highest BCUT2D eigenvalue weighted by Crippen LogP contribution is 2.23. The molecule has 4 N–H and O–H groups in total. The number of fused-ring (bicyclic) bond motifs is 1. The highest BCUT2D eigenvalue weighted by molar-refractivity contribution is 5.94. The minimum absolute atomic E-state index is 0.189. The number of hydrogen-bond acceptors (Lipinski definition) is 6. The number of rotatable bonds is 6. The molecule has 1 aliphatic heterocycles. The van der Waals surface area contributed by atoms with E-state index < -0.39 is 6.10 Å². The van der Waals surface area contributed by atoms with Gasteiger partial charge < -0.3 is 20.8 Å². The quantitative estimate of drug-likeness (QED) is 0.616. The molecule has 0 bridgehead atoms. The summed E-state index contributed by atoms with van der Waals surface area (Å²) in [6.45, 7) is 2.22. The van der Waals surface area contributed by atoms with Crippen molar-refractivity contribution >= 4 is 11.7 Å². The van der Waals surface area contributed by atoms with Gasteiger partial charge in [0.25, 0.3) is 5.91 Å². The largest absolute Gasteiger partial charge is 0.508 e. The normalized spacial score (nSPS) is 15.2. The molecule has 1 atom stereocenters. The van der Waals surface area contributed by atoms with Crippen molar-refractivity contribution in [2.24, 2.45) is 0 Å². The van der Waals surface area contributed by atoms with E-state index in [0.29, 0.717) is 17.9 Å². The van der Waals surface area contributed by atoms with Gasteiger partial charge in [0.15, 0.2) is 0 Å². The Kier molecular flexibility index (Phi) is 5.70. The van der Waals surface area contributed by atoms with Gasteiger partial charge in [-0.2, -0.15) is 0 Å². The molecule has 7 nitrogen and oxygen atoms in total. The van der Waals surface area contributed by atoms with E-state index in [4.69, 9.17) is 0 Å². The molecule has 0 saturated heterocycles. The van der Waals surface area contributed by atoms with Crippen LogP contribution in [-0.4, -0.2) is 58.8 Å². The van der Waals surface area contributed by atoms with Crippen LogP contribution in [0.15, 0.2) is 36.5 Å². The number of nitrogens with zero attached hydrogens (tertiary/aromatic N) is 2. The lowest BCUT2D eigenvalue weighted by Gasteiger charge is -2.30. The van der Waals surface area contributed by atoms with Gasteiger partial charge in [0.1, 0.15) is 11.6 Å². The van der Waals surface area contributed by atoms with Crippen molar-refractivity contribution < 1.29 is 15.0 Å². The summed E-state index contributed by atoms with van der Waals surface area (Å²) in [4.78, 5) is 18.4. The van der Waals surface area contributed by atoms with Crippen molar-refractivity contribution in [3.63, 3.8) is 0 Å². The van der Waals surface area contributed by atoms with E-state index in [9.17, 15) is 15.0 Å². The average Bonchev–Trinajstić information content (AvgIpc) is 2.66. The van der Waals surface area contributed by atoms with Gasteiger partial charge in [-0.05, 0) is 41.8 Å². The maximum absolute atomic E-state index is 12.2. The van der Waals surface area contributed by atoms with Crippen molar-refractivity contribution in [3.05, 3.63) is 53.2 Å². The zero-order valence-corrected chi connectivity index (χ0v) is 14.8. The first-order valence-electron chi connectivity index (χ1n) is 8.68. The van der Waals surface area contributed by atoms with Gasteiger partial charge in [-0.25, -0.2) is 4.98 Å². The van der Waals surface area contributed by atoms with E-state index >= 15 is 0 Å². The Morgan fingerprint density at radius 2 is 2.15 bits per heavy atom. The summed E-state index contributed by atoms with van der Waals surface area (Å²) in [6, 6.07) is 8.72. The first kappa shape index (κ1) is 18.2. The van der Waals surface area contributed by atoms with E-state index in [2.05, 4.69) is 20.5 Å². The fraction of sp³-hybridized carbons (Fsp3) is 0.368. The number of carbonyl (C=O) groups is 1. The zero-order valence-electron chi connectivity index (χ0n) is 14.8. The van der Waals surface area contributed by atoms with Crippen molar-refractivity contribution in [3.8, 4) is 5.75 Å². The van der Waals surface area contributed by atoms with Crippen LogP contribution in [-0.2, 0) is 13.0 Å². The smallest absolute Gasteiger partial charge is 0.251 e. The molecule has 0 saturated carbocycles. The number of β-amino-alcohol motifs (C(OH)–C–C–N with tert-alkyl or cyclic N) is 1. The first-order chi connectivity index (χ1) is 12.5. The third-order valence-corrected chi connectivity index (χ3v) is 4.53. The Morgan fingerprint density at radius 1 is 1.31 bits per heavy atom. The number of aromatic nitrogens is 1. The van der Waals surface area contributed by atoms with Crippen LogP contribution in [0, 0.1) is 0 Å². The summed E-state index contributed by atoms with van der Waals surface area (Å²) in [6.07, 6.45) is 1.76. The molecule has 0 spiro atoms. The molecule has 26 heavy (non-hydrogen) atoms. The molecule has 0 aliphatic carbocycles. The standard InChI is InChI=1S/C19H24N4O3/c1-20-18-9-14(4-6-21-18)19(26)22-10-17(25)12-23-7-5-13-8-16(24)3-2-15(13)11-23/h2-4,6,8-9,17,24-25H,5,7,10-12H2,1H3,(H,20,21)(H,22,26)/t17-/m1/s1. The van der Waals surface area contributed by atoms with Crippen LogP contribution in [0.1, 0.15) is 21.5 Å². The van der Waals surface area contributed by atoms with E-state index in [1.807, 2.05) is 6.07 Å². The van der Waals surface area contributed by atoms with Crippen LogP contribution >= 0.6 is 0 Å². The summed E-state index contributed by atoms with van der Waals surface area (Å²) < 4.78 is 0. The fourth-order valence-electron chi connectivity index (χ4n) is 3.14. The molecular formula is C19H24N4O3. The molecular weight excluding hydrogens is 332 g/mol. The monoisotopic (exact) mass is 356 g/mol. The van der Waals surface area contributed by atoms with Crippen LogP contribution < -0.4 is 10.6 Å². The summed E-state index contributed by atoms with van der Waals surface area (Å²) in [5.74, 6) is 0.677. The minimum Gasteiger partial charge on any atom is -0.508 e. The van der Waals surface area contributed by atoms with E-state index in [0.717, 1.165) is 25.1 Å². The Balaban J connectivity index is 1.49. The van der Waals surface area contributed by atoms with Crippen LogP contribution in [0.5, 0.6) is 5.75 Å². The number of anilines is 1. The third kappa shape index (κ3) is 4.50. The minimum atomic E-state index is -0.650. The number of pyridine rings is 1. The molecule has 1 aromatic carbocycles. The lowest BCUT2D eigenvalue weighted by atomic mass is 9.99. The molecule has 138 valence electrons. The topological polar surface area (TPSA) is 97.7 Å². The molecule has 3 rings (SSSR count). The summed E-state index contributed by atoms with van der Waals surface area (Å²) in [5, 5.41) is 25.5. The second kappa shape index (κ2) is 8.16. The zero-order chi connectivity index (χ0) is 18.5. The number of benzene rings is 1. The predicted molar refractivity (Wildman–Crippen MR) is 99.2 cm³/mol. The first-order valence-corrected chi connectivity index (χ1v) is 8.68. The van der Waals surface area contributed by atoms with Gasteiger partial charge in [0.05, 0.1) is 6.10 Å². The molecule has 1 aromatic heterocycles. The fourth-order valence-corrected chi connectivity index (χ4v) is 3.14. The lowest BCUT2D eigenvalue weighted by Crippen LogP contribution is -2.42. The maximum atomic E-state index is 12.2. The highest BCUT2D eigenvalue weighted by Gasteiger charge is 2.19. The SMILES string of the molecule is CNc1cc(C(=O)NC[C@@H](O)CN2CCc3cc(O)ccc3C2)ccn1. The second-order valence-electron chi connectivity index (χ2n) is 6.48. The van der Waals surface area contributed by atoms with Gasteiger partial charge in [-0.3, -0.25) is 9.69 Å². The van der Waals surface area contributed by atoms with Crippen molar-refractivity contribution in [2.45, 2.75) is 19.1 Å². The molecule has 1 aliphatic rings. The molecule has 2 aromatic rings. The molecule has 0 radical (unpaired) electrons. The summed E-state index contributed by atoms with van der Waals surface area (Å²) in [7, 11) is 1.74. The van der Waals surface area contributed by atoms with Gasteiger partial charge in [-0.15, -0.1) is 0 Å². The van der Waals surface area contributed by atoms with Crippen molar-refractivity contribution in [1.29, 1.82) is 0 Å². The predicted octanol–water partition coefficient (Wildman–Crippen LogP) is 0.978. The van der Waals surface area contributed by atoms with Gasteiger partial charge in [-0.1, -0.05) is 6.07 Å². The van der Waals surface area contributed by atoms with Crippen LogP contribution in [0.25, 0.3) is 0 Å². The average molecular weight is 356 g/mol. The number of phenols is 1. The Labute approximate surface area is 152 Å². The van der Waals surface area contributed by atoms with Crippen LogP contribution in [0.2, 0.25) is 0 Å². The number of aliphatic hydroxyl groups is 1. The number of aromatic hydroxyl groups is 1. The van der Waals surface area contributed by atoms with E-state index in [-0.39, 0.29) is 18.2 Å². The van der Waals surface area contributed by atoms with E-state index in [1.165, 1.54) is 5.56 Å². The van der Waals surface area contributed by atoms with Crippen molar-refractivity contribution in [2.75, 3.05) is 32.0 Å². The number of aliphatic hydroxyl groups excluding tert-OH is 1. The number of hydrogen-bond donors (Lipinski definition) is 4. The highest BCUT2D eigenvalue weighted by atomic mass is 16.3. The molecule has 7 heteroatoms. The second-order valence-corrected chi connectivity index (χ2v) is 6.48. The molecule has 0 unspecified atom stereocenters. The number of carbonyl (C=O) groups excluding carboxylic acids is 1. The third-order valence-electron chi connectivity index (χ3n) is 4.53. The number of amides is 1. The van der Waals surface area contributed by atoms with E-state index in [1.54, 1.807) is 37.5 Å². The Hall–Kier alpha value is -2.64. The van der Waals surface area contributed by atoms with Gasteiger partial charge in [0.2, 0.25) is 0 Å². The Morgan fingerprint density at radius 3 is 2.96 bits per heavy atom. The lowest BCUT2D eigenvalue weighted by molar-refractivity contribution is 0.0842. The van der Waals surface area contributed by atoms with Crippen LogP contribution in [0.4, 0.5) is 5.82 Å². The van der Waals surface area contributed by atoms with Crippen molar-refractivity contribution in [1.82, 2.24) is 15.2 Å². The molecule has 0 fully saturated rings.